The van der Waals surface area contributed by atoms with Crippen molar-refractivity contribution in [3.63, 3.8) is 0 Å². The fourth-order valence-electron chi connectivity index (χ4n) is 2.97. The van der Waals surface area contributed by atoms with Crippen molar-refractivity contribution in [2.75, 3.05) is 18.1 Å². The summed E-state index contributed by atoms with van der Waals surface area (Å²) < 4.78 is 28.7. The number of rotatable bonds is 6. The molecule has 134 valence electrons. The van der Waals surface area contributed by atoms with E-state index in [0.29, 0.717) is 0 Å². The summed E-state index contributed by atoms with van der Waals surface area (Å²) in [6.45, 7) is 0.139. The molecule has 0 spiro atoms. The van der Waals surface area contributed by atoms with Crippen molar-refractivity contribution in [3.05, 3.63) is 60.1 Å². The molecule has 3 N–H and O–H groups in total. The fraction of sp³-hybridized carbons (Fsp3) is 0.353. The van der Waals surface area contributed by atoms with Gasteiger partial charge >= 0.3 is 0 Å². The van der Waals surface area contributed by atoms with Crippen LogP contribution in [0.4, 0.5) is 0 Å². The summed E-state index contributed by atoms with van der Waals surface area (Å²) in [5.41, 5.74) is 1.02. The van der Waals surface area contributed by atoms with Gasteiger partial charge in [0, 0.05) is 5.56 Å². The molecule has 1 aliphatic rings. The van der Waals surface area contributed by atoms with Crippen LogP contribution in [0.5, 0.6) is 0 Å². The highest BCUT2D eigenvalue weighted by Crippen LogP contribution is 2.19. The Kier molecular flexibility index (Phi) is 5.46. The van der Waals surface area contributed by atoms with Crippen LogP contribution in [-0.2, 0) is 14.6 Å². The van der Waals surface area contributed by atoms with E-state index in [0.717, 1.165) is 11.3 Å². The number of nitrogens with two attached hydrogens (primary N) is 1. The Morgan fingerprint density at radius 3 is 2.60 bits per heavy atom. The largest absolute Gasteiger partial charge is 0.463 e. The van der Waals surface area contributed by atoms with Crippen molar-refractivity contribution < 1.29 is 22.9 Å². The number of carbonyl (C=O) groups excluding carboxylic acids is 1. The molecular formula is C17H20ClN2O4S+. The van der Waals surface area contributed by atoms with E-state index in [1.165, 1.54) is 0 Å². The normalized spacial score (nSPS) is 23.2. The molecule has 1 aromatic heterocycles. The lowest BCUT2D eigenvalue weighted by Gasteiger charge is -2.16. The Labute approximate surface area is 151 Å². The lowest BCUT2D eigenvalue weighted by Crippen LogP contribution is -2.88. The van der Waals surface area contributed by atoms with Gasteiger partial charge in [-0.15, -0.1) is 11.6 Å². The van der Waals surface area contributed by atoms with Crippen molar-refractivity contribution in [2.45, 2.75) is 17.5 Å². The first-order valence-electron chi connectivity index (χ1n) is 8.00. The molecule has 0 saturated carbocycles. The molecule has 6 nitrogen and oxygen atoms in total. The van der Waals surface area contributed by atoms with Gasteiger partial charge in [-0.1, -0.05) is 30.3 Å². The minimum atomic E-state index is -3.17. The summed E-state index contributed by atoms with van der Waals surface area (Å²) in [7, 11) is -3.17. The number of benzene rings is 1. The van der Waals surface area contributed by atoms with Crippen molar-refractivity contribution in [2.24, 2.45) is 0 Å². The summed E-state index contributed by atoms with van der Waals surface area (Å²) in [6.07, 6.45) is 1.60. The second-order valence-electron chi connectivity index (χ2n) is 6.11. The predicted octanol–water partition coefficient (Wildman–Crippen LogP) is 0.453. The predicted molar refractivity (Wildman–Crippen MR) is 94.0 cm³/mol. The van der Waals surface area contributed by atoms with Crippen LogP contribution in [0, 0.1) is 0 Å². The second kappa shape index (κ2) is 7.59. The SMILES string of the molecule is O=C(C[NH2+][C@H](c1ccccc1)c1ccco1)N[C@H]1CS(=O)(=O)C[C@@H]1Cl. The lowest BCUT2D eigenvalue weighted by atomic mass is 10.0. The number of amides is 1. The minimum absolute atomic E-state index is 0.0950. The molecule has 1 saturated heterocycles. The number of nitrogens with one attached hydrogen (secondary N) is 1. The van der Waals surface area contributed by atoms with Crippen LogP contribution >= 0.6 is 11.6 Å². The number of carbonyl (C=O) groups is 1. The van der Waals surface area contributed by atoms with E-state index < -0.39 is 21.3 Å². The van der Waals surface area contributed by atoms with Gasteiger partial charge < -0.3 is 15.1 Å². The summed E-state index contributed by atoms with van der Waals surface area (Å²) in [5.74, 6) is 0.299. The molecule has 3 rings (SSSR count). The van der Waals surface area contributed by atoms with Gasteiger partial charge in [0.25, 0.3) is 5.91 Å². The number of furan rings is 1. The Bertz CT molecular complexity index is 808. The molecule has 2 heterocycles. The standard InChI is InChI=1S/C17H19ClN2O4S/c18-13-10-25(22,23)11-14(13)20-16(21)9-19-17(15-7-4-8-24-15)12-5-2-1-3-6-12/h1-8,13-14,17,19H,9-11H2,(H,20,21)/p+1/t13-,14-,17+/m0/s1. The molecule has 1 aliphatic heterocycles. The Morgan fingerprint density at radius 1 is 1.24 bits per heavy atom. The maximum absolute atomic E-state index is 12.2. The number of hydrogen-bond donors (Lipinski definition) is 2. The highest BCUT2D eigenvalue weighted by atomic mass is 35.5. The lowest BCUT2D eigenvalue weighted by molar-refractivity contribution is -0.678. The minimum Gasteiger partial charge on any atom is -0.463 e. The fourth-order valence-corrected chi connectivity index (χ4v) is 5.52. The number of alkyl halides is 1. The number of halogens is 1. The highest BCUT2D eigenvalue weighted by molar-refractivity contribution is 7.91. The number of hydrogen-bond acceptors (Lipinski definition) is 4. The van der Waals surface area contributed by atoms with E-state index in [2.05, 4.69) is 5.32 Å². The molecule has 0 unspecified atom stereocenters. The van der Waals surface area contributed by atoms with Gasteiger partial charge in [-0.3, -0.25) is 4.79 Å². The van der Waals surface area contributed by atoms with E-state index in [1.807, 2.05) is 41.7 Å². The topological polar surface area (TPSA) is 93.0 Å². The van der Waals surface area contributed by atoms with E-state index in [1.54, 1.807) is 12.3 Å². The zero-order chi connectivity index (χ0) is 17.9. The van der Waals surface area contributed by atoms with Crippen molar-refractivity contribution >= 4 is 27.3 Å². The van der Waals surface area contributed by atoms with Gasteiger partial charge in [-0.05, 0) is 12.1 Å². The molecule has 0 bridgehead atoms. The summed E-state index contributed by atoms with van der Waals surface area (Å²) in [6, 6.07) is 12.7. The Balaban J connectivity index is 1.63. The van der Waals surface area contributed by atoms with Gasteiger partial charge in [-0.2, -0.15) is 0 Å². The smallest absolute Gasteiger partial charge is 0.275 e. The summed E-state index contributed by atoms with van der Waals surface area (Å²) in [4.78, 5) is 12.2. The molecule has 8 heteroatoms. The zero-order valence-electron chi connectivity index (χ0n) is 13.5. The van der Waals surface area contributed by atoms with Crippen molar-refractivity contribution in [1.82, 2.24) is 5.32 Å². The van der Waals surface area contributed by atoms with Crippen molar-refractivity contribution in [1.29, 1.82) is 0 Å². The van der Waals surface area contributed by atoms with Crippen LogP contribution in [0.2, 0.25) is 0 Å². The molecule has 25 heavy (non-hydrogen) atoms. The van der Waals surface area contributed by atoms with Gasteiger partial charge in [0.05, 0.1) is 29.2 Å². The molecule has 0 radical (unpaired) electrons. The van der Waals surface area contributed by atoms with Crippen LogP contribution in [0.25, 0.3) is 0 Å². The van der Waals surface area contributed by atoms with E-state index >= 15 is 0 Å². The highest BCUT2D eigenvalue weighted by Gasteiger charge is 2.37. The van der Waals surface area contributed by atoms with Gasteiger partial charge in [0.1, 0.15) is 0 Å². The van der Waals surface area contributed by atoms with Crippen molar-refractivity contribution in [3.8, 4) is 0 Å². The maximum Gasteiger partial charge on any atom is 0.275 e. The van der Waals surface area contributed by atoms with E-state index in [9.17, 15) is 13.2 Å². The Morgan fingerprint density at radius 2 is 2.00 bits per heavy atom. The van der Waals surface area contributed by atoms with Crippen LogP contribution in [0.1, 0.15) is 17.4 Å². The Hall–Kier alpha value is -1.83. The first-order chi connectivity index (χ1) is 11.9. The molecule has 0 aliphatic carbocycles. The number of quaternary nitrogens is 1. The average molecular weight is 384 g/mol. The third-order valence-electron chi connectivity index (χ3n) is 4.18. The molecule has 1 aromatic carbocycles. The molecule has 1 amide bonds. The van der Waals surface area contributed by atoms with Crippen LogP contribution in [-0.4, -0.2) is 43.8 Å². The zero-order valence-corrected chi connectivity index (χ0v) is 15.0. The first kappa shape index (κ1) is 18.0. The monoisotopic (exact) mass is 383 g/mol. The molecule has 2 aromatic rings. The summed E-state index contributed by atoms with van der Waals surface area (Å²) >= 11 is 6.03. The third-order valence-corrected chi connectivity index (χ3v) is 6.55. The first-order valence-corrected chi connectivity index (χ1v) is 10.3. The number of sulfone groups is 1. The third kappa shape index (κ3) is 4.62. The molecular weight excluding hydrogens is 364 g/mol. The maximum atomic E-state index is 12.2. The van der Waals surface area contributed by atoms with Gasteiger partial charge in [0.2, 0.25) is 0 Å². The van der Waals surface area contributed by atoms with Gasteiger partial charge in [0.15, 0.2) is 28.2 Å². The van der Waals surface area contributed by atoms with Crippen LogP contribution < -0.4 is 10.6 Å². The van der Waals surface area contributed by atoms with Gasteiger partial charge in [-0.25, -0.2) is 8.42 Å². The van der Waals surface area contributed by atoms with Crippen LogP contribution in [0.3, 0.4) is 0 Å². The van der Waals surface area contributed by atoms with Crippen LogP contribution in [0.15, 0.2) is 53.1 Å². The molecule has 3 atom stereocenters. The quantitative estimate of drug-likeness (QED) is 0.708. The average Bonchev–Trinajstić information content (AvgIpc) is 3.17. The second-order valence-corrected chi connectivity index (χ2v) is 8.82. The van der Waals surface area contributed by atoms with E-state index in [4.69, 9.17) is 16.0 Å². The summed E-state index contributed by atoms with van der Waals surface area (Å²) in [5, 5.41) is 4.00. The molecule has 1 fully saturated rings. The van der Waals surface area contributed by atoms with E-state index in [-0.39, 0.29) is 30.0 Å².